The zero-order valence-electron chi connectivity index (χ0n) is 28.0. The molecule has 2 aromatic rings. The SMILES string of the molecule is CCOC(=O)c1ccc(OCCCc2ccc(OCCCCOC3CCCCC3)cc2)c(CC(=O)N2CCC(OC(=O)OC)CC2)c1. The van der Waals surface area contributed by atoms with Crippen LogP contribution in [0.15, 0.2) is 42.5 Å². The van der Waals surface area contributed by atoms with Crippen LogP contribution < -0.4 is 9.47 Å². The third kappa shape index (κ3) is 12.4. The third-order valence-corrected chi connectivity index (χ3v) is 8.64. The van der Waals surface area contributed by atoms with Crippen molar-refractivity contribution in [1.82, 2.24) is 4.90 Å². The zero-order valence-corrected chi connectivity index (χ0v) is 28.0. The Hall–Kier alpha value is -3.79. The van der Waals surface area contributed by atoms with Crippen LogP contribution in [-0.2, 0) is 36.6 Å². The van der Waals surface area contributed by atoms with Crippen molar-refractivity contribution < 1.29 is 42.8 Å². The van der Waals surface area contributed by atoms with E-state index in [-0.39, 0.29) is 25.0 Å². The Morgan fingerprint density at radius 2 is 1.53 bits per heavy atom. The largest absolute Gasteiger partial charge is 0.508 e. The number of hydrogen-bond acceptors (Lipinski definition) is 9. The van der Waals surface area contributed by atoms with E-state index in [0.29, 0.717) is 62.1 Å². The summed E-state index contributed by atoms with van der Waals surface area (Å²) in [4.78, 5) is 38.8. The number of carbonyl (C=O) groups excluding carboxylic acids is 3. The minimum atomic E-state index is -0.713. The van der Waals surface area contributed by atoms with E-state index in [1.807, 2.05) is 12.1 Å². The second-order valence-corrected chi connectivity index (χ2v) is 12.2. The molecule has 0 atom stereocenters. The van der Waals surface area contributed by atoms with Gasteiger partial charge in [0, 0.05) is 38.1 Å². The Kier molecular flexibility index (Phi) is 15.2. The number of unbranched alkanes of at least 4 members (excludes halogenated alkanes) is 1. The summed E-state index contributed by atoms with van der Waals surface area (Å²) in [6.45, 7) is 4.90. The van der Waals surface area contributed by atoms with Gasteiger partial charge in [-0.25, -0.2) is 9.59 Å². The third-order valence-electron chi connectivity index (χ3n) is 8.64. The molecule has 0 radical (unpaired) electrons. The van der Waals surface area contributed by atoms with Crippen molar-refractivity contribution in [3.05, 3.63) is 59.2 Å². The van der Waals surface area contributed by atoms with Crippen LogP contribution in [0.3, 0.4) is 0 Å². The number of piperidine rings is 1. The second kappa shape index (κ2) is 19.8. The van der Waals surface area contributed by atoms with Crippen molar-refractivity contribution in [3.63, 3.8) is 0 Å². The first-order chi connectivity index (χ1) is 22.9. The van der Waals surface area contributed by atoms with Gasteiger partial charge in [0.25, 0.3) is 0 Å². The van der Waals surface area contributed by atoms with Crippen molar-refractivity contribution in [2.75, 3.05) is 46.6 Å². The van der Waals surface area contributed by atoms with E-state index >= 15 is 0 Å². The number of amides is 1. The van der Waals surface area contributed by atoms with Crippen LogP contribution in [-0.4, -0.2) is 81.8 Å². The topological polar surface area (TPSA) is 110 Å². The van der Waals surface area contributed by atoms with Gasteiger partial charge in [-0.3, -0.25) is 4.79 Å². The van der Waals surface area contributed by atoms with Crippen LogP contribution in [0.25, 0.3) is 0 Å². The summed E-state index contributed by atoms with van der Waals surface area (Å²) in [5, 5.41) is 0. The molecule has 1 amide bonds. The number of hydrogen-bond donors (Lipinski definition) is 0. The lowest BCUT2D eigenvalue weighted by Gasteiger charge is -2.31. The molecule has 1 aliphatic heterocycles. The van der Waals surface area contributed by atoms with Crippen molar-refractivity contribution in [1.29, 1.82) is 0 Å². The van der Waals surface area contributed by atoms with Gasteiger partial charge in [0.1, 0.15) is 17.6 Å². The number of carbonyl (C=O) groups is 3. The molecule has 1 heterocycles. The van der Waals surface area contributed by atoms with Gasteiger partial charge < -0.3 is 33.3 Å². The lowest BCUT2D eigenvalue weighted by molar-refractivity contribution is -0.132. The number of likely N-dealkylation sites (tertiary alicyclic amines) is 1. The fourth-order valence-electron chi connectivity index (χ4n) is 5.97. The van der Waals surface area contributed by atoms with Gasteiger partial charge in [-0.05, 0) is 81.3 Å². The Labute approximate surface area is 279 Å². The first-order valence-corrected chi connectivity index (χ1v) is 17.2. The molecule has 0 N–H and O–H groups in total. The first-order valence-electron chi connectivity index (χ1n) is 17.2. The average Bonchev–Trinajstić information content (AvgIpc) is 3.10. The molecule has 0 spiro atoms. The van der Waals surface area contributed by atoms with Crippen molar-refractivity contribution in [2.45, 2.75) is 96.2 Å². The first kappa shape index (κ1) is 36.1. The Morgan fingerprint density at radius 1 is 0.809 bits per heavy atom. The molecule has 0 unspecified atom stereocenters. The summed E-state index contributed by atoms with van der Waals surface area (Å²) >= 11 is 0. The van der Waals surface area contributed by atoms with E-state index in [9.17, 15) is 14.4 Å². The van der Waals surface area contributed by atoms with E-state index in [2.05, 4.69) is 16.9 Å². The molecule has 0 bridgehead atoms. The molecule has 47 heavy (non-hydrogen) atoms. The molecule has 10 nitrogen and oxygen atoms in total. The summed E-state index contributed by atoms with van der Waals surface area (Å²) in [5.41, 5.74) is 2.20. The van der Waals surface area contributed by atoms with E-state index in [1.165, 1.54) is 44.8 Å². The van der Waals surface area contributed by atoms with E-state index in [1.54, 1.807) is 30.0 Å². The number of ether oxygens (including phenoxy) is 6. The maximum absolute atomic E-state index is 13.2. The molecule has 2 aliphatic rings. The van der Waals surface area contributed by atoms with Crippen LogP contribution >= 0.6 is 0 Å². The number of esters is 1. The maximum atomic E-state index is 13.2. The summed E-state index contributed by atoms with van der Waals surface area (Å²) in [5.74, 6) is 0.921. The molecule has 2 fully saturated rings. The highest BCUT2D eigenvalue weighted by Crippen LogP contribution is 2.25. The number of aryl methyl sites for hydroxylation is 1. The summed E-state index contributed by atoms with van der Waals surface area (Å²) in [7, 11) is 1.27. The molecule has 2 aromatic carbocycles. The zero-order chi connectivity index (χ0) is 33.3. The lowest BCUT2D eigenvalue weighted by atomic mass is 9.98. The number of methoxy groups -OCH3 is 1. The average molecular weight is 654 g/mol. The summed E-state index contributed by atoms with van der Waals surface area (Å²) < 4.78 is 33.0. The van der Waals surface area contributed by atoms with Crippen LogP contribution in [0.5, 0.6) is 11.5 Å². The predicted octanol–water partition coefficient (Wildman–Crippen LogP) is 6.70. The van der Waals surface area contributed by atoms with E-state index < -0.39 is 12.1 Å². The smallest absolute Gasteiger partial charge is 0.494 e. The highest BCUT2D eigenvalue weighted by Gasteiger charge is 2.26. The maximum Gasteiger partial charge on any atom is 0.508 e. The number of nitrogens with zero attached hydrogens (tertiary/aromatic N) is 1. The fourth-order valence-corrected chi connectivity index (χ4v) is 5.97. The second-order valence-electron chi connectivity index (χ2n) is 12.2. The normalized spacial score (nSPS) is 15.6. The van der Waals surface area contributed by atoms with Crippen LogP contribution in [0.4, 0.5) is 4.79 Å². The Morgan fingerprint density at radius 3 is 2.26 bits per heavy atom. The van der Waals surface area contributed by atoms with E-state index in [0.717, 1.165) is 38.0 Å². The molecule has 1 saturated carbocycles. The number of benzene rings is 2. The Balaban J connectivity index is 1.20. The monoisotopic (exact) mass is 653 g/mol. The highest BCUT2D eigenvalue weighted by atomic mass is 16.7. The fraction of sp³-hybridized carbons (Fsp3) is 0.595. The predicted molar refractivity (Wildman–Crippen MR) is 177 cm³/mol. The van der Waals surface area contributed by atoms with Gasteiger partial charge in [-0.15, -0.1) is 0 Å². The minimum Gasteiger partial charge on any atom is -0.494 e. The molecule has 258 valence electrons. The summed E-state index contributed by atoms with van der Waals surface area (Å²) in [6, 6.07) is 13.3. The molecule has 4 rings (SSSR count). The van der Waals surface area contributed by atoms with Gasteiger partial charge in [0.05, 0.1) is 45.0 Å². The van der Waals surface area contributed by atoms with Gasteiger partial charge >= 0.3 is 12.1 Å². The van der Waals surface area contributed by atoms with Gasteiger partial charge in [-0.1, -0.05) is 31.4 Å². The molecular formula is C37H51NO9. The van der Waals surface area contributed by atoms with Crippen LogP contribution in [0, 0.1) is 0 Å². The van der Waals surface area contributed by atoms with Crippen LogP contribution in [0.2, 0.25) is 0 Å². The lowest BCUT2D eigenvalue weighted by Crippen LogP contribution is -2.42. The van der Waals surface area contributed by atoms with Crippen molar-refractivity contribution in [3.8, 4) is 11.5 Å². The molecular weight excluding hydrogens is 602 g/mol. The van der Waals surface area contributed by atoms with Gasteiger partial charge in [0.15, 0.2) is 0 Å². The molecule has 0 aromatic heterocycles. The molecule has 10 heteroatoms. The van der Waals surface area contributed by atoms with Crippen molar-refractivity contribution in [2.24, 2.45) is 0 Å². The standard InChI is InChI=1S/C37H51NO9/c1-3-43-36(40)29-15-18-34(30(26-29)27-35(39)38-21-19-33(20-22-38)47-37(41)42-2)46-25-9-10-28-13-16-32(17-14-28)45-24-8-7-23-44-31-11-5-4-6-12-31/h13-18,26,31,33H,3-12,19-25,27H2,1-2H3. The minimum absolute atomic E-state index is 0.0811. The van der Waals surface area contributed by atoms with E-state index in [4.69, 9.17) is 23.7 Å². The molecule has 1 aliphatic carbocycles. The highest BCUT2D eigenvalue weighted by molar-refractivity contribution is 5.90. The van der Waals surface area contributed by atoms with Gasteiger partial charge in [0.2, 0.25) is 5.91 Å². The molecule has 1 saturated heterocycles. The number of rotatable bonds is 17. The summed E-state index contributed by atoms with van der Waals surface area (Å²) in [6.07, 6.45) is 10.6. The van der Waals surface area contributed by atoms with Crippen molar-refractivity contribution >= 4 is 18.0 Å². The quantitative estimate of drug-likeness (QED) is 0.136. The van der Waals surface area contributed by atoms with Crippen LogP contribution in [0.1, 0.15) is 92.6 Å². The van der Waals surface area contributed by atoms with Gasteiger partial charge in [-0.2, -0.15) is 0 Å². The Bertz CT molecular complexity index is 1250.